The van der Waals surface area contributed by atoms with Crippen LogP contribution >= 0.6 is 0 Å². The number of carboxylic acids is 1. The van der Waals surface area contributed by atoms with Gasteiger partial charge in [0.1, 0.15) is 0 Å². The Morgan fingerprint density at radius 1 is 1.33 bits per heavy atom. The van der Waals surface area contributed by atoms with E-state index in [1.165, 1.54) is 0 Å². The van der Waals surface area contributed by atoms with Crippen LogP contribution in [0, 0.1) is 5.92 Å². The van der Waals surface area contributed by atoms with Crippen LogP contribution in [0.4, 0.5) is 5.69 Å². The standard InChI is InChI=1S/C16H19N3O2/c1-10(2)13-8-5-9-19(13)15-11-6-3-4-7-12(11)17-18-14(15)16(20)21/h3-4,6-7,10,13H,5,8-9H2,1-2H3,(H,20,21). The van der Waals surface area contributed by atoms with E-state index in [0.29, 0.717) is 12.0 Å². The third-order valence-corrected chi connectivity index (χ3v) is 4.20. The summed E-state index contributed by atoms with van der Waals surface area (Å²) < 4.78 is 0. The van der Waals surface area contributed by atoms with Crippen LogP contribution in [0.15, 0.2) is 24.3 Å². The number of carboxylic acid groups (broad SMARTS) is 1. The first-order valence-corrected chi connectivity index (χ1v) is 7.35. The topological polar surface area (TPSA) is 66.3 Å². The van der Waals surface area contributed by atoms with Gasteiger partial charge >= 0.3 is 5.97 Å². The molecule has 1 aliphatic heterocycles. The number of fused-ring (bicyclic) bond motifs is 1. The number of carbonyl (C=O) groups is 1. The van der Waals surface area contributed by atoms with Crippen molar-refractivity contribution in [3.8, 4) is 0 Å². The number of aromatic nitrogens is 2. The Balaban J connectivity index is 2.23. The maximum Gasteiger partial charge on any atom is 0.358 e. The number of hydrogen-bond acceptors (Lipinski definition) is 4. The van der Waals surface area contributed by atoms with E-state index in [2.05, 4.69) is 28.9 Å². The lowest BCUT2D eigenvalue weighted by molar-refractivity contribution is 0.0690. The summed E-state index contributed by atoms with van der Waals surface area (Å²) in [7, 11) is 0. The van der Waals surface area contributed by atoms with Crippen LogP contribution in [0.5, 0.6) is 0 Å². The van der Waals surface area contributed by atoms with E-state index >= 15 is 0 Å². The second-order valence-electron chi connectivity index (χ2n) is 5.87. The average molecular weight is 285 g/mol. The number of rotatable bonds is 3. The van der Waals surface area contributed by atoms with Crippen molar-refractivity contribution in [1.82, 2.24) is 10.2 Å². The predicted octanol–water partition coefficient (Wildman–Crippen LogP) is 2.95. The largest absolute Gasteiger partial charge is 0.476 e. The molecule has 0 bridgehead atoms. The molecule has 1 fully saturated rings. The van der Waals surface area contributed by atoms with Gasteiger partial charge in [0.25, 0.3) is 0 Å². The van der Waals surface area contributed by atoms with E-state index in [-0.39, 0.29) is 5.69 Å². The summed E-state index contributed by atoms with van der Waals surface area (Å²) in [6, 6.07) is 7.97. The van der Waals surface area contributed by atoms with Crippen molar-refractivity contribution in [2.24, 2.45) is 5.92 Å². The minimum absolute atomic E-state index is 0.0567. The van der Waals surface area contributed by atoms with Crippen molar-refractivity contribution < 1.29 is 9.90 Å². The fourth-order valence-electron chi connectivity index (χ4n) is 3.24. The fourth-order valence-corrected chi connectivity index (χ4v) is 3.24. The first-order valence-electron chi connectivity index (χ1n) is 7.35. The second kappa shape index (κ2) is 5.31. The molecule has 1 atom stereocenters. The van der Waals surface area contributed by atoms with Crippen molar-refractivity contribution in [3.63, 3.8) is 0 Å². The highest BCUT2D eigenvalue weighted by molar-refractivity contribution is 6.03. The molecular formula is C16H19N3O2. The molecule has 0 amide bonds. The molecule has 1 unspecified atom stereocenters. The zero-order valence-electron chi connectivity index (χ0n) is 12.3. The molecule has 0 spiro atoms. The van der Waals surface area contributed by atoms with E-state index < -0.39 is 5.97 Å². The zero-order chi connectivity index (χ0) is 15.0. The van der Waals surface area contributed by atoms with E-state index in [4.69, 9.17) is 0 Å². The van der Waals surface area contributed by atoms with Gasteiger partial charge in [-0.1, -0.05) is 32.0 Å². The lowest BCUT2D eigenvalue weighted by Gasteiger charge is -2.31. The summed E-state index contributed by atoms with van der Waals surface area (Å²) in [4.78, 5) is 13.8. The lowest BCUT2D eigenvalue weighted by Crippen LogP contribution is -2.35. The van der Waals surface area contributed by atoms with E-state index in [1.807, 2.05) is 24.3 Å². The lowest BCUT2D eigenvalue weighted by atomic mass is 10.0. The molecule has 1 aromatic heterocycles. The fraction of sp³-hybridized carbons (Fsp3) is 0.438. The number of anilines is 1. The van der Waals surface area contributed by atoms with Gasteiger partial charge in [-0.3, -0.25) is 0 Å². The summed E-state index contributed by atoms with van der Waals surface area (Å²) in [5.41, 5.74) is 1.53. The molecule has 0 aliphatic carbocycles. The van der Waals surface area contributed by atoms with Gasteiger partial charge in [0.2, 0.25) is 0 Å². The predicted molar refractivity (Wildman–Crippen MR) is 81.7 cm³/mol. The van der Waals surface area contributed by atoms with Crippen LogP contribution in [-0.2, 0) is 0 Å². The monoisotopic (exact) mass is 285 g/mol. The molecule has 0 saturated carbocycles. The van der Waals surface area contributed by atoms with Crippen molar-refractivity contribution in [3.05, 3.63) is 30.0 Å². The van der Waals surface area contributed by atoms with Crippen LogP contribution < -0.4 is 4.90 Å². The van der Waals surface area contributed by atoms with E-state index in [0.717, 1.165) is 36.0 Å². The molecule has 1 saturated heterocycles. The Morgan fingerprint density at radius 3 is 2.81 bits per heavy atom. The van der Waals surface area contributed by atoms with Crippen molar-refractivity contribution in [1.29, 1.82) is 0 Å². The molecule has 3 rings (SSSR count). The molecule has 2 aromatic rings. The average Bonchev–Trinajstić information content (AvgIpc) is 2.95. The Hall–Kier alpha value is -2.17. The Labute approximate surface area is 123 Å². The molecule has 5 nitrogen and oxygen atoms in total. The maximum atomic E-state index is 11.6. The zero-order valence-corrected chi connectivity index (χ0v) is 12.3. The molecular weight excluding hydrogens is 266 g/mol. The van der Waals surface area contributed by atoms with E-state index in [1.54, 1.807) is 0 Å². The molecule has 1 aromatic carbocycles. The Bertz CT molecular complexity index is 684. The quantitative estimate of drug-likeness (QED) is 0.939. The number of benzene rings is 1. The van der Waals surface area contributed by atoms with Gasteiger partial charge in [-0.05, 0) is 24.8 Å². The van der Waals surface area contributed by atoms with Gasteiger partial charge in [-0.15, -0.1) is 10.2 Å². The molecule has 1 N–H and O–H groups in total. The van der Waals surface area contributed by atoms with Crippen molar-refractivity contribution in [2.45, 2.75) is 32.7 Å². The van der Waals surface area contributed by atoms with Crippen LogP contribution in [0.1, 0.15) is 37.2 Å². The van der Waals surface area contributed by atoms with Crippen molar-refractivity contribution in [2.75, 3.05) is 11.4 Å². The highest BCUT2D eigenvalue weighted by atomic mass is 16.4. The highest BCUT2D eigenvalue weighted by Gasteiger charge is 2.32. The third kappa shape index (κ3) is 2.33. The van der Waals surface area contributed by atoms with Crippen molar-refractivity contribution >= 4 is 22.6 Å². The highest BCUT2D eigenvalue weighted by Crippen LogP contribution is 2.35. The summed E-state index contributed by atoms with van der Waals surface area (Å²) >= 11 is 0. The summed E-state index contributed by atoms with van der Waals surface area (Å²) in [5.74, 6) is -0.543. The van der Waals surface area contributed by atoms with Gasteiger partial charge in [-0.2, -0.15) is 0 Å². The van der Waals surface area contributed by atoms with Crippen LogP contribution in [0.25, 0.3) is 10.9 Å². The Kier molecular flexibility index (Phi) is 3.49. The molecule has 0 radical (unpaired) electrons. The summed E-state index contributed by atoms with van der Waals surface area (Å²) in [5, 5.41) is 18.4. The smallest absolute Gasteiger partial charge is 0.358 e. The first-order chi connectivity index (χ1) is 10.1. The van der Waals surface area contributed by atoms with Gasteiger partial charge in [-0.25, -0.2) is 4.79 Å². The first kappa shape index (κ1) is 13.8. The van der Waals surface area contributed by atoms with Gasteiger partial charge in [0, 0.05) is 18.0 Å². The maximum absolute atomic E-state index is 11.6. The van der Waals surface area contributed by atoms with Crippen LogP contribution in [0.3, 0.4) is 0 Å². The number of aromatic carboxylic acids is 1. The van der Waals surface area contributed by atoms with Gasteiger partial charge < -0.3 is 10.0 Å². The molecule has 21 heavy (non-hydrogen) atoms. The Morgan fingerprint density at radius 2 is 2.10 bits per heavy atom. The second-order valence-corrected chi connectivity index (χ2v) is 5.87. The normalized spacial score (nSPS) is 18.6. The molecule has 1 aliphatic rings. The van der Waals surface area contributed by atoms with Gasteiger partial charge in [0.05, 0.1) is 11.2 Å². The molecule has 2 heterocycles. The summed E-state index contributed by atoms with van der Waals surface area (Å²) in [6.45, 7) is 5.24. The van der Waals surface area contributed by atoms with E-state index in [9.17, 15) is 9.90 Å². The summed E-state index contributed by atoms with van der Waals surface area (Å²) in [6.07, 6.45) is 2.17. The minimum Gasteiger partial charge on any atom is -0.476 e. The third-order valence-electron chi connectivity index (χ3n) is 4.20. The number of hydrogen-bond donors (Lipinski definition) is 1. The molecule has 110 valence electrons. The number of nitrogens with zero attached hydrogens (tertiary/aromatic N) is 3. The van der Waals surface area contributed by atoms with Crippen LogP contribution in [0.2, 0.25) is 0 Å². The van der Waals surface area contributed by atoms with Crippen LogP contribution in [-0.4, -0.2) is 33.9 Å². The molecule has 5 heteroatoms. The van der Waals surface area contributed by atoms with Gasteiger partial charge in [0.15, 0.2) is 5.69 Å². The SMILES string of the molecule is CC(C)C1CCCN1c1c(C(=O)O)nnc2ccccc12. The minimum atomic E-state index is -1.02.